The summed E-state index contributed by atoms with van der Waals surface area (Å²) in [4.78, 5) is 15.6. The van der Waals surface area contributed by atoms with Gasteiger partial charge >= 0.3 is 0 Å². The molecule has 252 valence electrons. The number of carbonyl (C=O) groups is 1. The third kappa shape index (κ3) is 6.87. The summed E-state index contributed by atoms with van der Waals surface area (Å²) in [5, 5.41) is 21.2. The van der Waals surface area contributed by atoms with E-state index in [4.69, 9.17) is 9.47 Å². The second-order valence-corrected chi connectivity index (χ2v) is 14.4. The average Bonchev–Trinajstić information content (AvgIpc) is 3.36. The molecular weight excluding hydrogens is 593 g/mol. The summed E-state index contributed by atoms with van der Waals surface area (Å²) in [7, 11) is 3.20. The number of unbranched alkanes of at least 4 members (excludes halogenated alkanes) is 2. The minimum absolute atomic E-state index is 0.0721. The number of carbonyl (C=O) groups excluding carboxylic acids is 1. The number of aromatic hydroxyl groups is 1. The summed E-state index contributed by atoms with van der Waals surface area (Å²) in [5.74, 6) is 2.18. The molecule has 2 fully saturated rings. The van der Waals surface area contributed by atoms with E-state index in [0.29, 0.717) is 42.8 Å². The van der Waals surface area contributed by atoms with Crippen LogP contribution in [0.4, 0.5) is 4.39 Å². The molecule has 47 heavy (non-hydrogen) atoms. The molecule has 6 rings (SSSR count). The highest BCUT2D eigenvalue weighted by Crippen LogP contribution is 2.63. The van der Waals surface area contributed by atoms with Gasteiger partial charge in [-0.25, -0.2) is 4.39 Å². The number of phenolic OH excluding ortho intramolecular Hbond substituents is 1. The fourth-order valence-electron chi connectivity index (χ4n) is 9.29. The van der Waals surface area contributed by atoms with Crippen LogP contribution in [0.15, 0.2) is 66.7 Å². The van der Waals surface area contributed by atoms with Crippen molar-refractivity contribution in [1.82, 2.24) is 4.90 Å². The molecule has 7 heteroatoms. The lowest BCUT2D eigenvalue weighted by Crippen LogP contribution is -2.51. The summed E-state index contributed by atoms with van der Waals surface area (Å²) in [5.41, 5.74) is 3.74. The van der Waals surface area contributed by atoms with E-state index in [9.17, 15) is 15.0 Å². The molecule has 2 N–H and O–H groups in total. The normalized spacial score (nSPS) is 27.8. The van der Waals surface area contributed by atoms with Crippen molar-refractivity contribution in [2.75, 3.05) is 20.8 Å². The smallest absolute Gasteiger partial charge is 0.227 e. The van der Waals surface area contributed by atoms with Crippen LogP contribution in [0.5, 0.6) is 17.2 Å². The van der Waals surface area contributed by atoms with Gasteiger partial charge in [0.1, 0.15) is 11.9 Å². The number of phenols is 1. The minimum atomic E-state index is -0.997. The molecule has 0 heterocycles. The lowest BCUT2D eigenvalue weighted by atomic mass is 9.51. The number of rotatable bonds is 12. The van der Waals surface area contributed by atoms with Crippen LogP contribution in [0, 0.1) is 23.2 Å². The fourth-order valence-corrected chi connectivity index (χ4v) is 9.29. The quantitative estimate of drug-likeness (QED) is 0.199. The Hall–Kier alpha value is -3.58. The van der Waals surface area contributed by atoms with E-state index < -0.39 is 12.3 Å². The van der Waals surface area contributed by atoms with Crippen LogP contribution >= 0.6 is 0 Å². The van der Waals surface area contributed by atoms with Crippen LogP contribution < -0.4 is 9.47 Å². The molecule has 7 atom stereocenters. The molecule has 3 aliphatic carbocycles. The van der Waals surface area contributed by atoms with Crippen LogP contribution in [0.3, 0.4) is 0 Å². The number of nitrogens with zero attached hydrogens (tertiary/aromatic N) is 1. The summed E-state index contributed by atoms with van der Waals surface area (Å²) in [6.45, 7) is 3.33. The average molecular weight is 644 g/mol. The molecule has 3 aromatic rings. The highest BCUT2D eigenvalue weighted by atomic mass is 19.1. The first-order valence-electron chi connectivity index (χ1n) is 17.4. The number of hydrogen-bond acceptors (Lipinski definition) is 5. The van der Waals surface area contributed by atoms with Crippen molar-refractivity contribution in [2.24, 2.45) is 23.2 Å². The zero-order valence-corrected chi connectivity index (χ0v) is 28.0. The largest absolute Gasteiger partial charge is 0.508 e. The standard InChI is InChI=1S/C40H50FNO5/c1-40-24-33(41)39-31-15-14-30(43)23-29(31)22-28(38(39)32(40)16-18-36(40)44)12-8-5-9-19-42(25-26-10-6-4-7-11-26)37(45)21-27-13-17-34(46-2)35(20-27)47-3/h4,6-7,10-11,13-15,17,20,23,28,32-33,36,38-39,43-44H,5,8-9,12,16,18-19,21-22,24-25H2,1-3H3/t28-,32?,33+,36+,38?,39?,40+/m1/s1. The van der Waals surface area contributed by atoms with Crippen LogP contribution in [-0.4, -0.2) is 54.1 Å². The number of halogens is 1. The van der Waals surface area contributed by atoms with Crippen LogP contribution in [-0.2, 0) is 24.2 Å². The van der Waals surface area contributed by atoms with Gasteiger partial charge in [0, 0.05) is 19.0 Å². The van der Waals surface area contributed by atoms with Crippen molar-refractivity contribution in [3.63, 3.8) is 0 Å². The third-order valence-corrected chi connectivity index (χ3v) is 11.7. The summed E-state index contributed by atoms with van der Waals surface area (Å²) in [6, 6.07) is 21.2. The molecular formula is C40H50FNO5. The van der Waals surface area contributed by atoms with Gasteiger partial charge in [-0.3, -0.25) is 4.79 Å². The molecule has 6 nitrogen and oxygen atoms in total. The van der Waals surface area contributed by atoms with Gasteiger partial charge in [0.05, 0.1) is 26.7 Å². The van der Waals surface area contributed by atoms with E-state index in [1.54, 1.807) is 20.3 Å². The number of benzene rings is 3. The summed E-state index contributed by atoms with van der Waals surface area (Å²) >= 11 is 0. The number of fused-ring (bicyclic) bond motifs is 5. The number of ether oxygens (including phenoxy) is 2. The Morgan fingerprint density at radius 2 is 1.74 bits per heavy atom. The molecule has 3 unspecified atom stereocenters. The molecule has 0 spiro atoms. The van der Waals surface area contributed by atoms with Gasteiger partial charge in [0.25, 0.3) is 0 Å². The predicted molar refractivity (Wildman–Crippen MR) is 181 cm³/mol. The number of aliphatic hydroxyl groups excluding tert-OH is 1. The zero-order chi connectivity index (χ0) is 33.1. The number of hydrogen-bond donors (Lipinski definition) is 2. The number of amides is 1. The lowest BCUT2D eigenvalue weighted by Gasteiger charge is -2.54. The molecule has 1 amide bonds. The zero-order valence-electron chi connectivity index (χ0n) is 28.0. The molecule has 0 bridgehead atoms. The van der Waals surface area contributed by atoms with Gasteiger partial charge in [-0.05, 0) is 108 Å². The maximum Gasteiger partial charge on any atom is 0.227 e. The molecule has 3 aliphatic rings. The van der Waals surface area contributed by atoms with Crippen molar-refractivity contribution < 1.29 is 28.9 Å². The lowest BCUT2D eigenvalue weighted by molar-refractivity contribution is -0.131. The van der Waals surface area contributed by atoms with Crippen LogP contribution in [0.1, 0.15) is 80.0 Å². The first kappa shape index (κ1) is 33.3. The second-order valence-electron chi connectivity index (χ2n) is 14.4. The topological polar surface area (TPSA) is 79.2 Å². The molecule has 0 aliphatic heterocycles. The molecule has 0 saturated heterocycles. The van der Waals surface area contributed by atoms with E-state index in [-0.39, 0.29) is 35.3 Å². The molecule has 2 saturated carbocycles. The monoisotopic (exact) mass is 643 g/mol. The Morgan fingerprint density at radius 1 is 0.957 bits per heavy atom. The second kappa shape index (κ2) is 14.3. The van der Waals surface area contributed by atoms with Crippen molar-refractivity contribution >= 4 is 5.91 Å². The minimum Gasteiger partial charge on any atom is -0.508 e. The molecule has 0 aromatic heterocycles. The van der Waals surface area contributed by atoms with Crippen molar-refractivity contribution in [3.05, 3.63) is 89.0 Å². The Bertz CT molecular complexity index is 1530. The van der Waals surface area contributed by atoms with E-state index in [2.05, 4.69) is 19.1 Å². The Balaban J connectivity index is 1.12. The van der Waals surface area contributed by atoms with Gasteiger partial charge < -0.3 is 24.6 Å². The van der Waals surface area contributed by atoms with Crippen molar-refractivity contribution in [2.45, 2.75) is 89.4 Å². The maximum absolute atomic E-state index is 16.1. The van der Waals surface area contributed by atoms with Crippen molar-refractivity contribution in [1.29, 1.82) is 0 Å². The first-order valence-corrected chi connectivity index (χ1v) is 17.4. The first-order chi connectivity index (χ1) is 22.7. The summed E-state index contributed by atoms with van der Waals surface area (Å²) < 4.78 is 27.0. The van der Waals surface area contributed by atoms with Crippen LogP contribution in [0.25, 0.3) is 0 Å². The third-order valence-electron chi connectivity index (χ3n) is 11.7. The SMILES string of the molecule is COc1ccc(CC(=O)N(CCCCC[C@@H]2Cc3cc(O)ccc3C3C2C2CC[C@H](O)[C@@]2(C)C[C@@H]3F)Cc2ccccc2)cc1OC. The highest BCUT2D eigenvalue weighted by molar-refractivity contribution is 5.79. The van der Waals surface area contributed by atoms with E-state index >= 15 is 4.39 Å². The maximum atomic E-state index is 16.1. The van der Waals surface area contributed by atoms with Gasteiger partial charge in [0.2, 0.25) is 5.91 Å². The fraction of sp³-hybridized carbons (Fsp3) is 0.525. The Labute approximate surface area is 278 Å². The predicted octanol–water partition coefficient (Wildman–Crippen LogP) is 7.63. The van der Waals surface area contributed by atoms with Gasteiger partial charge in [-0.2, -0.15) is 0 Å². The van der Waals surface area contributed by atoms with E-state index in [0.717, 1.165) is 67.2 Å². The highest BCUT2D eigenvalue weighted by Gasteiger charge is 2.59. The number of methoxy groups -OCH3 is 2. The van der Waals surface area contributed by atoms with Crippen molar-refractivity contribution in [3.8, 4) is 17.2 Å². The van der Waals surface area contributed by atoms with E-state index in [1.165, 1.54) is 0 Å². The Kier molecular flexibility index (Phi) is 10.1. The number of alkyl halides is 1. The van der Waals surface area contributed by atoms with Gasteiger partial charge in [-0.15, -0.1) is 0 Å². The van der Waals surface area contributed by atoms with E-state index in [1.807, 2.05) is 53.4 Å². The van der Waals surface area contributed by atoms with Gasteiger partial charge in [-0.1, -0.05) is 62.2 Å². The molecule has 3 aromatic carbocycles. The van der Waals surface area contributed by atoms with Gasteiger partial charge in [0.15, 0.2) is 11.5 Å². The molecule has 0 radical (unpaired) electrons. The van der Waals surface area contributed by atoms with Crippen LogP contribution in [0.2, 0.25) is 0 Å². The number of aliphatic hydroxyl groups is 1. The summed E-state index contributed by atoms with van der Waals surface area (Å²) in [6.07, 6.45) is 5.61. The Morgan fingerprint density at radius 3 is 2.51 bits per heavy atom.